The third-order valence-corrected chi connectivity index (χ3v) is 4.50. The number of hydrogen-bond donors (Lipinski definition) is 1. The molecule has 1 aromatic carbocycles. The van der Waals surface area contributed by atoms with Crippen LogP contribution in [-0.2, 0) is 5.75 Å². The van der Waals surface area contributed by atoms with Crippen LogP contribution in [-0.4, -0.2) is 16.8 Å². The Morgan fingerprint density at radius 1 is 1.42 bits per heavy atom. The first-order valence-electron chi connectivity index (χ1n) is 6.43. The van der Waals surface area contributed by atoms with Gasteiger partial charge in [0.25, 0.3) is 0 Å². The smallest absolute Gasteiger partial charge is 0.371 e. The van der Waals surface area contributed by atoms with Gasteiger partial charge in [0.05, 0.1) is 0 Å². The van der Waals surface area contributed by atoms with Gasteiger partial charge >= 0.3 is 5.97 Å². The van der Waals surface area contributed by atoms with Crippen molar-refractivity contribution in [1.29, 1.82) is 0 Å². The van der Waals surface area contributed by atoms with Gasteiger partial charge in [-0.05, 0) is 35.4 Å². The summed E-state index contributed by atoms with van der Waals surface area (Å²) < 4.78 is 5.24. The molecule has 102 valence electrons. The van der Waals surface area contributed by atoms with Gasteiger partial charge in [-0.25, -0.2) is 4.79 Å². The van der Waals surface area contributed by atoms with Gasteiger partial charge in [-0.15, -0.1) is 0 Å². The van der Waals surface area contributed by atoms with E-state index in [0.29, 0.717) is 5.58 Å². The lowest BCUT2D eigenvalue weighted by Gasteiger charge is -2.07. The molecule has 1 atom stereocenters. The summed E-state index contributed by atoms with van der Waals surface area (Å²) in [4.78, 5) is 10.8. The molecule has 2 aromatic rings. The minimum atomic E-state index is -1.02. The van der Waals surface area contributed by atoms with Crippen molar-refractivity contribution in [2.45, 2.75) is 26.0 Å². The highest BCUT2D eigenvalue weighted by Gasteiger charge is 2.10. The molecule has 1 heterocycles. The maximum atomic E-state index is 10.8. The number of aromatic carboxylic acids is 1. The Kier molecular flexibility index (Phi) is 4.53. The lowest BCUT2D eigenvalue weighted by Crippen LogP contribution is -1.95. The number of benzene rings is 1. The molecule has 0 aliphatic carbocycles. The average Bonchev–Trinajstić information content (AvgIpc) is 2.81. The number of furan rings is 1. The van der Waals surface area contributed by atoms with Crippen LogP contribution in [0.5, 0.6) is 0 Å². The van der Waals surface area contributed by atoms with Gasteiger partial charge in [-0.3, -0.25) is 0 Å². The zero-order chi connectivity index (χ0) is 13.8. The molecule has 1 aromatic heterocycles. The van der Waals surface area contributed by atoms with Crippen molar-refractivity contribution < 1.29 is 14.3 Å². The van der Waals surface area contributed by atoms with Gasteiger partial charge in [0, 0.05) is 11.1 Å². The number of carboxylic acids is 1. The molecule has 0 radical (unpaired) electrons. The average molecular weight is 278 g/mol. The monoisotopic (exact) mass is 278 g/mol. The van der Waals surface area contributed by atoms with E-state index >= 15 is 0 Å². The van der Waals surface area contributed by atoms with Gasteiger partial charge in [-0.2, -0.15) is 11.8 Å². The van der Waals surface area contributed by atoms with Crippen molar-refractivity contribution in [2.24, 2.45) is 5.92 Å². The molecule has 1 unspecified atom stereocenters. The number of carbonyl (C=O) groups is 1. The van der Waals surface area contributed by atoms with E-state index in [1.165, 1.54) is 12.0 Å². The Hall–Kier alpha value is -1.42. The van der Waals surface area contributed by atoms with Crippen molar-refractivity contribution in [2.75, 3.05) is 5.75 Å². The second-order valence-corrected chi connectivity index (χ2v) is 5.85. The molecule has 0 bridgehead atoms. The number of carboxylic acid groups (broad SMARTS) is 1. The number of thioether (sulfide) groups is 1. The topological polar surface area (TPSA) is 50.4 Å². The van der Waals surface area contributed by atoms with Crippen molar-refractivity contribution in [3.05, 3.63) is 35.6 Å². The second-order valence-electron chi connectivity index (χ2n) is 4.82. The van der Waals surface area contributed by atoms with Gasteiger partial charge in [0.1, 0.15) is 5.58 Å². The zero-order valence-corrected chi connectivity index (χ0v) is 12.0. The van der Waals surface area contributed by atoms with E-state index in [9.17, 15) is 4.79 Å². The Balaban J connectivity index is 2.06. The third-order valence-electron chi connectivity index (χ3n) is 3.16. The quantitative estimate of drug-likeness (QED) is 0.850. The molecule has 3 nitrogen and oxygen atoms in total. The Bertz CT molecular complexity index is 574. The first-order chi connectivity index (χ1) is 9.10. The molecule has 4 heteroatoms. The summed E-state index contributed by atoms with van der Waals surface area (Å²) >= 11 is 1.91. The maximum absolute atomic E-state index is 10.8. The van der Waals surface area contributed by atoms with Crippen LogP contribution in [0.3, 0.4) is 0 Å². The fourth-order valence-corrected chi connectivity index (χ4v) is 2.95. The second kappa shape index (κ2) is 6.15. The number of rotatable bonds is 6. The first-order valence-corrected chi connectivity index (χ1v) is 7.59. The van der Waals surface area contributed by atoms with Gasteiger partial charge < -0.3 is 9.52 Å². The van der Waals surface area contributed by atoms with Crippen LogP contribution in [0, 0.1) is 5.92 Å². The molecule has 0 amide bonds. The minimum Gasteiger partial charge on any atom is -0.475 e. The predicted octanol–water partition coefficient (Wildman–Crippen LogP) is 4.41. The summed E-state index contributed by atoms with van der Waals surface area (Å²) in [6.45, 7) is 4.46. The Labute approximate surface area is 117 Å². The lowest BCUT2D eigenvalue weighted by atomic mass is 10.2. The minimum absolute atomic E-state index is 0.000548. The van der Waals surface area contributed by atoms with Crippen molar-refractivity contribution in [3.63, 3.8) is 0 Å². The predicted molar refractivity (Wildman–Crippen MR) is 78.8 cm³/mol. The molecular weight excluding hydrogens is 260 g/mol. The lowest BCUT2D eigenvalue weighted by molar-refractivity contribution is 0.0665. The highest BCUT2D eigenvalue weighted by Crippen LogP contribution is 2.24. The highest BCUT2D eigenvalue weighted by atomic mass is 32.2. The number of fused-ring (bicyclic) bond motifs is 1. The molecule has 1 N–H and O–H groups in total. The summed E-state index contributed by atoms with van der Waals surface area (Å²) in [5.74, 6) is 1.82. The summed E-state index contributed by atoms with van der Waals surface area (Å²) in [7, 11) is 0. The van der Waals surface area contributed by atoms with Crippen LogP contribution in [0.1, 0.15) is 36.4 Å². The standard InChI is InChI=1S/C15H18O3S/c1-3-10(2)8-19-9-11-4-5-13-12(6-11)7-14(18-13)15(16)17/h4-7,10H,3,8-9H2,1-2H3,(H,16,17). The third kappa shape index (κ3) is 3.53. The zero-order valence-electron chi connectivity index (χ0n) is 11.2. The molecule has 0 saturated heterocycles. The van der Waals surface area contributed by atoms with E-state index < -0.39 is 5.97 Å². The van der Waals surface area contributed by atoms with Crippen LogP contribution in [0.2, 0.25) is 0 Å². The van der Waals surface area contributed by atoms with Gasteiger partial charge in [0.15, 0.2) is 0 Å². The van der Waals surface area contributed by atoms with Crippen LogP contribution in [0.4, 0.5) is 0 Å². The van der Waals surface area contributed by atoms with E-state index in [1.807, 2.05) is 30.0 Å². The van der Waals surface area contributed by atoms with Gasteiger partial charge in [-0.1, -0.05) is 26.3 Å². The fourth-order valence-electron chi connectivity index (χ4n) is 1.78. The molecule has 0 fully saturated rings. The Morgan fingerprint density at radius 2 is 2.21 bits per heavy atom. The van der Waals surface area contributed by atoms with Crippen LogP contribution < -0.4 is 0 Å². The molecule has 0 spiro atoms. The highest BCUT2D eigenvalue weighted by molar-refractivity contribution is 7.98. The van der Waals surface area contributed by atoms with E-state index in [-0.39, 0.29) is 5.76 Å². The summed E-state index contributed by atoms with van der Waals surface area (Å²) in [6, 6.07) is 7.44. The van der Waals surface area contributed by atoms with Crippen molar-refractivity contribution >= 4 is 28.7 Å². The van der Waals surface area contributed by atoms with Crippen LogP contribution in [0.25, 0.3) is 11.0 Å². The summed E-state index contributed by atoms with van der Waals surface area (Å²) in [5, 5.41) is 9.75. The first kappa shape index (κ1) is 14.0. The summed E-state index contributed by atoms with van der Waals surface area (Å²) in [5.41, 5.74) is 1.84. The number of hydrogen-bond acceptors (Lipinski definition) is 3. The van der Waals surface area contributed by atoms with Crippen LogP contribution in [0.15, 0.2) is 28.7 Å². The van der Waals surface area contributed by atoms with Crippen LogP contribution >= 0.6 is 11.8 Å². The molecule has 0 aliphatic rings. The summed E-state index contributed by atoms with van der Waals surface area (Å²) in [6.07, 6.45) is 1.20. The van der Waals surface area contributed by atoms with Crippen molar-refractivity contribution in [3.8, 4) is 0 Å². The SMILES string of the molecule is CCC(C)CSCc1ccc2oc(C(=O)O)cc2c1. The van der Waals surface area contributed by atoms with E-state index in [0.717, 1.165) is 22.8 Å². The maximum Gasteiger partial charge on any atom is 0.371 e. The largest absolute Gasteiger partial charge is 0.475 e. The fraction of sp³-hybridized carbons (Fsp3) is 0.400. The molecule has 0 aliphatic heterocycles. The van der Waals surface area contributed by atoms with E-state index in [2.05, 4.69) is 13.8 Å². The Morgan fingerprint density at radius 3 is 2.89 bits per heavy atom. The van der Waals surface area contributed by atoms with E-state index in [1.54, 1.807) is 6.07 Å². The van der Waals surface area contributed by atoms with E-state index in [4.69, 9.17) is 9.52 Å². The molecular formula is C15H18O3S. The molecule has 0 saturated carbocycles. The normalized spacial score (nSPS) is 12.7. The van der Waals surface area contributed by atoms with Crippen molar-refractivity contribution in [1.82, 2.24) is 0 Å². The molecule has 2 rings (SSSR count). The molecule has 19 heavy (non-hydrogen) atoms. The van der Waals surface area contributed by atoms with Gasteiger partial charge in [0.2, 0.25) is 5.76 Å².